The lowest BCUT2D eigenvalue weighted by atomic mass is 10.2. The van der Waals surface area contributed by atoms with Crippen LogP contribution in [-0.4, -0.2) is 67.3 Å². The van der Waals surface area contributed by atoms with Gasteiger partial charge in [0.15, 0.2) is 0 Å². The number of nitrogens with one attached hydrogen (secondary N) is 1. The number of likely N-dealkylation sites (N-methyl/N-ethyl adjacent to an activating group) is 1. The van der Waals surface area contributed by atoms with Gasteiger partial charge in [0, 0.05) is 55.8 Å². The molecule has 1 heterocycles. The van der Waals surface area contributed by atoms with E-state index in [1.165, 1.54) is 12.1 Å². The van der Waals surface area contributed by atoms with Crippen LogP contribution in [0.4, 0.5) is 4.39 Å². The molecule has 1 aromatic carbocycles. The fraction of sp³-hybridized carbons (Fsp3) is 0.588. The highest BCUT2D eigenvalue weighted by Gasteiger charge is 2.19. The van der Waals surface area contributed by atoms with E-state index in [2.05, 4.69) is 29.1 Å². The Balaban J connectivity index is 1.60. The predicted octanol–water partition coefficient (Wildman–Crippen LogP) is 2.06. The molecule has 1 atom stereocenters. The minimum Gasteiger partial charge on any atom is -0.355 e. The summed E-state index contributed by atoms with van der Waals surface area (Å²) in [6.07, 6.45) is 0.484. The molecule has 0 aromatic heterocycles. The van der Waals surface area contributed by atoms with E-state index >= 15 is 0 Å². The quantitative estimate of drug-likeness (QED) is 0.772. The highest BCUT2D eigenvalue weighted by atomic mass is 32.2. The van der Waals surface area contributed by atoms with Crippen molar-refractivity contribution in [3.63, 3.8) is 0 Å². The van der Waals surface area contributed by atoms with Crippen LogP contribution in [0.1, 0.15) is 13.3 Å². The van der Waals surface area contributed by atoms with Crippen LogP contribution in [0.3, 0.4) is 0 Å². The number of benzene rings is 1. The third kappa shape index (κ3) is 6.49. The molecule has 1 aliphatic heterocycles. The Morgan fingerprint density at radius 2 is 1.91 bits per heavy atom. The second kappa shape index (κ2) is 9.25. The van der Waals surface area contributed by atoms with E-state index in [0.29, 0.717) is 24.8 Å². The molecule has 0 aliphatic carbocycles. The zero-order chi connectivity index (χ0) is 16.7. The summed E-state index contributed by atoms with van der Waals surface area (Å²) in [6, 6.07) is 6.75. The summed E-state index contributed by atoms with van der Waals surface area (Å²) >= 11 is 1.58. The normalized spacial score (nSPS) is 17.9. The van der Waals surface area contributed by atoms with E-state index in [1.807, 2.05) is 0 Å². The molecule has 1 unspecified atom stereocenters. The highest BCUT2D eigenvalue weighted by molar-refractivity contribution is 7.99. The van der Waals surface area contributed by atoms with Crippen LogP contribution < -0.4 is 5.32 Å². The first-order valence-electron chi connectivity index (χ1n) is 8.12. The number of halogens is 1. The van der Waals surface area contributed by atoms with Gasteiger partial charge in [0.25, 0.3) is 0 Å². The molecule has 1 aromatic rings. The summed E-state index contributed by atoms with van der Waals surface area (Å²) in [4.78, 5) is 17.7. The van der Waals surface area contributed by atoms with Crippen molar-refractivity contribution in [2.24, 2.45) is 0 Å². The van der Waals surface area contributed by atoms with Crippen LogP contribution in [-0.2, 0) is 4.79 Å². The SMILES string of the molecule is CC(CNC(=O)CCSc1ccc(F)cc1)N1CCN(C)CC1. The van der Waals surface area contributed by atoms with E-state index in [-0.39, 0.29) is 11.7 Å². The smallest absolute Gasteiger partial charge is 0.220 e. The molecule has 1 fully saturated rings. The van der Waals surface area contributed by atoms with Crippen molar-refractivity contribution in [3.8, 4) is 0 Å². The van der Waals surface area contributed by atoms with Crippen LogP contribution in [0.15, 0.2) is 29.2 Å². The van der Waals surface area contributed by atoms with Crippen LogP contribution in [0.5, 0.6) is 0 Å². The average Bonchev–Trinajstić information content (AvgIpc) is 2.55. The average molecular weight is 339 g/mol. The van der Waals surface area contributed by atoms with Crippen molar-refractivity contribution in [2.45, 2.75) is 24.3 Å². The molecule has 0 saturated carbocycles. The maximum absolute atomic E-state index is 12.8. The molecule has 1 saturated heterocycles. The molecule has 1 aliphatic rings. The summed E-state index contributed by atoms with van der Waals surface area (Å²) in [5, 5.41) is 3.02. The number of nitrogens with zero attached hydrogens (tertiary/aromatic N) is 2. The van der Waals surface area contributed by atoms with E-state index in [0.717, 1.165) is 31.1 Å². The Bertz CT molecular complexity index is 489. The Hall–Kier alpha value is -1.11. The monoisotopic (exact) mass is 339 g/mol. The first kappa shape index (κ1) is 18.2. The molecular weight excluding hydrogens is 313 g/mol. The molecule has 0 spiro atoms. The van der Waals surface area contributed by atoms with Crippen molar-refractivity contribution in [3.05, 3.63) is 30.1 Å². The minimum absolute atomic E-state index is 0.0839. The fourth-order valence-corrected chi connectivity index (χ4v) is 3.39. The van der Waals surface area contributed by atoms with Gasteiger partial charge in [-0.25, -0.2) is 4.39 Å². The van der Waals surface area contributed by atoms with E-state index < -0.39 is 0 Å². The van der Waals surface area contributed by atoms with E-state index in [4.69, 9.17) is 0 Å². The third-order valence-electron chi connectivity index (χ3n) is 4.17. The molecule has 6 heteroatoms. The van der Waals surface area contributed by atoms with Crippen LogP contribution >= 0.6 is 11.8 Å². The number of rotatable bonds is 7. The molecule has 1 N–H and O–H groups in total. The van der Waals surface area contributed by atoms with Crippen molar-refractivity contribution < 1.29 is 9.18 Å². The fourth-order valence-electron chi connectivity index (χ4n) is 2.53. The van der Waals surface area contributed by atoms with Gasteiger partial charge in [-0.05, 0) is 38.2 Å². The zero-order valence-corrected chi connectivity index (χ0v) is 14.7. The molecule has 128 valence electrons. The van der Waals surface area contributed by atoms with Crippen LogP contribution in [0.2, 0.25) is 0 Å². The van der Waals surface area contributed by atoms with Crippen molar-refractivity contribution in [2.75, 3.05) is 45.5 Å². The number of thioether (sulfide) groups is 1. The van der Waals surface area contributed by atoms with Crippen molar-refractivity contribution in [1.82, 2.24) is 15.1 Å². The Kier molecular flexibility index (Phi) is 7.33. The van der Waals surface area contributed by atoms with Crippen LogP contribution in [0.25, 0.3) is 0 Å². The summed E-state index contributed by atoms with van der Waals surface area (Å²) in [7, 11) is 2.14. The largest absolute Gasteiger partial charge is 0.355 e. The predicted molar refractivity (Wildman–Crippen MR) is 93.3 cm³/mol. The van der Waals surface area contributed by atoms with Gasteiger partial charge in [0.2, 0.25) is 5.91 Å². The van der Waals surface area contributed by atoms with Gasteiger partial charge in [-0.1, -0.05) is 0 Å². The molecule has 0 radical (unpaired) electrons. The maximum atomic E-state index is 12.8. The molecule has 1 amide bonds. The lowest BCUT2D eigenvalue weighted by Gasteiger charge is -2.36. The number of carbonyl (C=O) groups is 1. The lowest BCUT2D eigenvalue weighted by Crippen LogP contribution is -2.51. The van der Waals surface area contributed by atoms with Gasteiger partial charge in [-0.3, -0.25) is 9.69 Å². The van der Waals surface area contributed by atoms with E-state index in [9.17, 15) is 9.18 Å². The van der Waals surface area contributed by atoms with Gasteiger partial charge in [0.1, 0.15) is 5.82 Å². The maximum Gasteiger partial charge on any atom is 0.220 e. The number of piperazine rings is 1. The lowest BCUT2D eigenvalue weighted by molar-refractivity contribution is -0.120. The molecular formula is C17H26FN3OS. The highest BCUT2D eigenvalue weighted by Crippen LogP contribution is 2.18. The number of hydrogen-bond donors (Lipinski definition) is 1. The Labute approximate surface area is 142 Å². The van der Waals surface area contributed by atoms with Gasteiger partial charge < -0.3 is 10.2 Å². The van der Waals surface area contributed by atoms with Gasteiger partial charge in [-0.2, -0.15) is 0 Å². The second-order valence-corrected chi connectivity index (χ2v) is 7.21. The summed E-state index contributed by atoms with van der Waals surface area (Å²) < 4.78 is 12.8. The molecule has 0 bridgehead atoms. The molecule has 2 rings (SSSR count). The number of hydrogen-bond acceptors (Lipinski definition) is 4. The van der Waals surface area contributed by atoms with Crippen molar-refractivity contribution >= 4 is 17.7 Å². The third-order valence-corrected chi connectivity index (χ3v) is 5.18. The first-order chi connectivity index (χ1) is 11.0. The zero-order valence-electron chi connectivity index (χ0n) is 13.9. The van der Waals surface area contributed by atoms with Crippen molar-refractivity contribution in [1.29, 1.82) is 0 Å². The summed E-state index contributed by atoms with van der Waals surface area (Å²) in [6.45, 7) is 7.17. The van der Waals surface area contributed by atoms with Crippen LogP contribution in [0, 0.1) is 5.82 Å². The van der Waals surface area contributed by atoms with Gasteiger partial charge in [-0.15, -0.1) is 11.8 Å². The molecule has 23 heavy (non-hydrogen) atoms. The van der Waals surface area contributed by atoms with Gasteiger partial charge in [0.05, 0.1) is 0 Å². The standard InChI is InChI=1S/C17H26FN3OS/c1-14(21-10-8-20(2)9-11-21)13-19-17(22)7-12-23-16-5-3-15(18)4-6-16/h3-6,14H,7-13H2,1-2H3,(H,19,22). The number of amides is 1. The minimum atomic E-state index is -0.231. The Morgan fingerprint density at radius 1 is 1.26 bits per heavy atom. The number of carbonyl (C=O) groups excluding carboxylic acids is 1. The first-order valence-corrected chi connectivity index (χ1v) is 9.11. The second-order valence-electron chi connectivity index (χ2n) is 6.04. The summed E-state index contributed by atoms with van der Waals surface area (Å²) in [5.41, 5.74) is 0. The summed E-state index contributed by atoms with van der Waals surface area (Å²) in [5.74, 6) is 0.561. The molecule has 4 nitrogen and oxygen atoms in total. The Morgan fingerprint density at radius 3 is 2.57 bits per heavy atom. The van der Waals surface area contributed by atoms with Gasteiger partial charge >= 0.3 is 0 Å². The topological polar surface area (TPSA) is 35.6 Å². The van der Waals surface area contributed by atoms with E-state index in [1.54, 1.807) is 23.9 Å².